The first-order valence-corrected chi connectivity index (χ1v) is 6.46. The van der Waals surface area contributed by atoms with Crippen LogP contribution in [0.3, 0.4) is 0 Å². The van der Waals surface area contributed by atoms with E-state index >= 15 is 0 Å². The SMILES string of the molecule is N[C@@H](Cc1ccccc1)[C@H](O)CNC1CCC1. The average molecular weight is 234 g/mol. The summed E-state index contributed by atoms with van der Waals surface area (Å²) in [5.41, 5.74) is 7.19. The minimum Gasteiger partial charge on any atom is -0.390 e. The van der Waals surface area contributed by atoms with Gasteiger partial charge in [-0.05, 0) is 24.8 Å². The molecule has 3 heteroatoms. The quantitative estimate of drug-likeness (QED) is 0.690. The summed E-state index contributed by atoms with van der Waals surface area (Å²) >= 11 is 0. The summed E-state index contributed by atoms with van der Waals surface area (Å²) in [5.74, 6) is 0. The zero-order chi connectivity index (χ0) is 12.1. The molecule has 0 aromatic heterocycles. The molecule has 94 valence electrons. The van der Waals surface area contributed by atoms with Crippen molar-refractivity contribution in [1.82, 2.24) is 5.32 Å². The highest BCUT2D eigenvalue weighted by molar-refractivity contribution is 5.16. The van der Waals surface area contributed by atoms with E-state index in [9.17, 15) is 5.11 Å². The highest BCUT2D eigenvalue weighted by Gasteiger charge is 2.20. The second-order valence-corrected chi connectivity index (χ2v) is 4.96. The van der Waals surface area contributed by atoms with Gasteiger partial charge in [0.15, 0.2) is 0 Å². The highest BCUT2D eigenvalue weighted by Crippen LogP contribution is 2.17. The molecule has 0 radical (unpaired) electrons. The molecular formula is C14H22N2O. The summed E-state index contributed by atoms with van der Waals surface area (Å²) in [6.07, 6.45) is 4.05. The predicted octanol–water partition coefficient (Wildman–Crippen LogP) is 1.06. The molecule has 1 saturated carbocycles. The van der Waals surface area contributed by atoms with Crippen molar-refractivity contribution in [1.29, 1.82) is 0 Å². The fourth-order valence-corrected chi connectivity index (χ4v) is 2.07. The Balaban J connectivity index is 1.72. The van der Waals surface area contributed by atoms with E-state index in [-0.39, 0.29) is 6.04 Å². The second kappa shape index (κ2) is 6.15. The number of aliphatic hydroxyl groups is 1. The maximum absolute atomic E-state index is 9.96. The number of nitrogens with one attached hydrogen (secondary N) is 1. The van der Waals surface area contributed by atoms with Gasteiger partial charge in [-0.2, -0.15) is 0 Å². The molecule has 0 amide bonds. The lowest BCUT2D eigenvalue weighted by Crippen LogP contribution is -2.47. The van der Waals surface area contributed by atoms with Crippen molar-refractivity contribution >= 4 is 0 Å². The maximum atomic E-state index is 9.96. The van der Waals surface area contributed by atoms with Crippen molar-refractivity contribution in [2.24, 2.45) is 5.73 Å². The minimum atomic E-state index is -0.462. The first kappa shape index (κ1) is 12.6. The summed E-state index contributed by atoms with van der Waals surface area (Å²) < 4.78 is 0. The first-order chi connectivity index (χ1) is 8.25. The number of benzene rings is 1. The Bertz CT molecular complexity index is 324. The predicted molar refractivity (Wildman–Crippen MR) is 69.8 cm³/mol. The van der Waals surface area contributed by atoms with Crippen LogP contribution in [0.4, 0.5) is 0 Å². The normalized spacial score (nSPS) is 19.6. The average Bonchev–Trinajstić information content (AvgIpc) is 2.28. The van der Waals surface area contributed by atoms with Gasteiger partial charge in [0.1, 0.15) is 0 Å². The Kier molecular flexibility index (Phi) is 4.54. The van der Waals surface area contributed by atoms with E-state index in [1.165, 1.54) is 24.8 Å². The molecule has 17 heavy (non-hydrogen) atoms. The molecule has 0 bridgehead atoms. The lowest BCUT2D eigenvalue weighted by molar-refractivity contribution is 0.132. The Hall–Kier alpha value is -0.900. The topological polar surface area (TPSA) is 58.3 Å². The molecule has 0 aliphatic heterocycles. The van der Waals surface area contributed by atoms with Crippen molar-refractivity contribution in [3.05, 3.63) is 35.9 Å². The van der Waals surface area contributed by atoms with Gasteiger partial charge in [0.2, 0.25) is 0 Å². The van der Waals surface area contributed by atoms with Crippen LogP contribution in [0.1, 0.15) is 24.8 Å². The van der Waals surface area contributed by atoms with Crippen LogP contribution in [-0.4, -0.2) is 29.8 Å². The van der Waals surface area contributed by atoms with Crippen LogP contribution >= 0.6 is 0 Å². The first-order valence-electron chi connectivity index (χ1n) is 6.46. The van der Waals surface area contributed by atoms with Gasteiger partial charge in [0, 0.05) is 18.6 Å². The summed E-state index contributed by atoms with van der Waals surface area (Å²) in [6, 6.07) is 10.5. The monoisotopic (exact) mass is 234 g/mol. The number of rotatable bonds is 6. The van der Waals surface area contributed by atoms with Crippen molar-refractivity contribution < 1.29 is 5.11 Å². The van der Waals surface area contributed by atoms with E-state index in [0.717, 1.165) is 6.42 Å². The molecule has 1 fully saturated rings. The second-order valence-electron chi connectivity index (χ2n) is 4.96. The van der Waals surface area contributed by atoms with E-state index in [4.69, 9.17) is 5.73 Å². The smallest absolute Gasteiger partial charge is 0.0818 e. The largest absolute Gasteiger partial charge is 0.390 e. The number of nitrogens with two attached hydrogens (primary N) is 1. The molecule has 0 heterocycles. The van der Waals surface area contributed by atoms with Gasteiger partial charge < -0.3 is 16.2 Å². The van der Waals surface area contributed by atoms with Crippen LogP contribution in [0.15, 0.2) is 30.3 Å². The molecule has 1 aromatic rings. The lowest BCUT2D eigenvalue weighted by atomic mass is 9.92. The molecule has 2 atom stereocenters. The fourth-order valence-electron chi connectivity index (χ4n) is 2.07. The van der Waals surface area contributed by atoms with Gasteiger partial charge in [0.05, 0.1) is 6.10 Å². The molecule has 2 rings (SSSR count). The molecule has 1 aromatic carbocycles. The Morgan fingerprint density at radius 1 is 1.29 bits per heavy atom. The fraction of sp³-hybridized carbons (Fsp3) is 0.571. The van der Waals surface area contributed by atoms with Crippen LogP contribution in [0.5, 0.6) is 0 Å². The maximum Gasteiger partial charge on any atom is 0.0818 e. The van der Waals surface area contributed by atoms with E-state index in [1.54, 1.807) is 0 Å². The third-order valence-electron chi connectivity index (χ3n) is 3.53. The van der Waals surface area contributed by atoms with Crippen molar-refractivity contribution in [2.45, 2.75) is 43.9 Å². The highest BCUT2D eigenvalue weighted by atomic mass is 16.3. The van der Waals surface area contributed by atoms with E-state index < -0.39 is 6.10 Å². The van der Waals surface area contributed by atoms with E-state index in [2.05, 4.69) is 5.32 Å². The molecule has 0 unspecified atom stereocenters. The van der Waals surface area contributed by atoms with E-state index in [0.29, 0.717) is 12.6 Å². The Morgan fingerprint density at radius 2 is 2.00 bits per heavy atom. The molecular weight excluding hydrogens is 212 g/mol. The van der Waals surface area contributed by atoms with Gasteiger partial charge >= 0.3 is 0 Å². The van der Waals surface area contributed by atoms with Gasteiger partial charge in [0.25, 0.3) is 0 Å². The van der Waals surface area contributed by atoms with Crippen LogP contribution in [-0.2, 0) is 6.42 Å². The van der Waals surface area contributed by atoms with Crippen LogP contribution in [0.2, 0.25) is 0 Å². The van der Waals surface area contributed by atoms with Gasteiger partial charge in [-0.1, -0.05) is 36.8 Å². The van der Waals surface area contributed by atoms with Gasteiger partial charge in [-0.15, -0.1) is 0 Å². The Labute approximate surface area is 103 Å². The molecule has 1 aliphatic rings. The third kappa shape index (κ3) is 3.80. The van der Waals surface area contributed by atoms with Crippen molar-refractivity contribution in [3.63, 3.8) is 0 Å². The number of aliphatic hydroxyl groups excluding tert-OH is 1. The number of hydrogen-bond acceptors (Lipinski definition) is 3. The summed E-state index contributed by atoms with van der Waals surface area (Å²) in [7, 11) is 0. The van der Waals surface area contributed by atoms with Gasteiger partial charge in [-0.25, -0.2) is 0 Å². The van der Waals surface area contributed by atoms with Crippen LogP contribution < -0.4 is 11.1 Å². The summed E-state index contributed by atoms with van der Waals surface area (Å²) in [4.78, 5) is 0. The van der Waals surface area contributed by atoms with Crippen LogP contribution in [0, 0.1) is 0 Å². The molecule has 4 N–H and O–H groups in total. The number of hydrogen-bond donors (Lipinski definition) is 3. The van der Waals surface area contributed by atoms with Crippen molar-refractivity contribution in [2.75, 3.05) is 6.54 Å². The van der Waals surface area contributed by atoms with Crippen molar-refractivity contribution in [3.8, 4) is 0 Å². The van der Waals surface area contributed by atoms with Crippen LogP contribution in [0.25, 0.3) is 0 Å². The molecule has 1 aliphatic carbocycles. The van der Waals surface area contributed by atoms with Gasteiger partial charge in [-0.3, -0.25) is 0 Å². The molecule has 0 spiro atoms. The minimum absolute atomic E-state index is 0.190. The summed E-state index contributed by atoms with van der Waals surface area (Å²) in [5, 5.41) is 13.3. The zero-order valence-corrected chi connectivity index (χ0v) is 10.2. The third-order valence-corrected chi connectivity index (χ3v) is 3.53. The Morgan fingerprint density at radius 3 is 2.59 bits per heavy atom. The lowest BCUT2D eigenvalue weighted by Gasteiger charge is -2.29. The molecule has 3 nitrogen and oxygen atoms in total. The van der Waals surface area contributed by atoms with E-state index in [1.807, 2.05) is 30.3 Å². The molecule has 0 saturated heterocycles. The summed E-state index contributed by atoms with van der Waals surface area (Å²) in [6.45, 7) is 0.610. The zero-order valence-electron chi connectivity index (χ0n) is 10.2. The standard InChI is InChI=1S/C14H22N2O/c15-13(9-11-5-2-1-3-6-11)14(17)10-16-12-7-4-8-12/h1-3,5-6,12-14,16-17H,4,7-10,15H2/t13-,14+/m0/s1.